The van der Waals surface area contributed by atoms with Gasteiger partial charge in [-0.1, -0.05) is 18.2 Å². The van der Waals surface area contributed by atoms with Gasteiger partial charge in [-0.15, -0.1) is 0 Å². The first-order valence-electron chi connectivity index (χ1n) is 9.49. The highest BCUT2D eigenvalue weighted by Crippen LogP contribution is 2.31. The standard InChI is InChI=1S/C22H23N5O4/c1-14-7-5-6-8-19(14)24-22(28)25-23-13-17-11-15(2)26(16(17)3)20-10-9-18(27(29)30)12-21(20)31-4/h5-13H,1-4H3,(H2,24,25,28). The van der Waals surface area contributed by atoms with Crippen LogP contribution in [0.5, 0.6) is 5.75 Å². The average molecular weight is 421 g/mol. The highest BCUT2D eigenvalue weighted by Gasteiger charge is 2.17. The van der Waals surface area contributed by atoms with Crippen LogP contribution in [0.4, 0.5) is 16.2 Å². The van der Waals surface area contributed by atoms with Crippen molar-refractivity contribution >= 4 is 23.6 Å². The number of benzene rings is 2. The van der Waals surface area contributed by atoms with Gasteiger partial charge in [0.15, 0.2) is 0 Å². The van der Waals surface area contributed by atoms with Crippen LogP contribution in [0, 0.1) is 30.9 Å². The molecule has 0 atom stereocenters. The summed E-state index contributed by atoms with van der Waals surface area (Å²) < 4.78 is 7.28. The number of ether oxygens (including phenoxy) is 1. The summed E-state index contributed by atoms with van der Waals surface area (Å²) in [5.74, 6) is 0.384. The van der Waals surface area contributed by atoms with Crippen LogP contribution in [0.3, 0.4) is 0 Å². The minimum Gasteiger partial charge on any atom is -0.494 e. The number of methoxy groups -OCH3 is 1. The summed E-state index contributed by atoms with van der Waals surface area (Å²) in [7, 11) is 1.47. The second-order valence-electron chi connectivity index (χ2n) is 6.91. The van der Waals surface area contributed by atoms with Crippen molar-refractivity contribution in [3.05, 3.63) is 81.2 Å². The summed E-state index contributed by atoms with van der Waals surface area (Å²) in [6, 6.07) is 13.4. The van der Waals surface area contributed by atoms with Crippen molar-refractivity contribution in [3.8, 4) is 11.4 Å². The lowest BCUT2D eigenvalue weighted by molar-refractivity contribution is -0.384. The van der Waals surface area contributed by atoms with Crippen LogP contribution < -0.4 is 15.5 Å². The molecule has 0 radical (unpaired) electrons. The topological polar surface area (TPSA) is 111 Å². The monoisotopic (exact) mass is 421 g/mol. The van der Waals surface area contributed by atoms with Crippen molar-refractivity contribution in [2.45, 2.75) is 20.8 Å². The van der Waals surface area contributed by atoms with E-state index in [0.717, 1.165) is 22.5 Å². The Hall–Kier alpha value is -4.14. The zero-order valence-corrected chi connectivity index (χ0v) is 17.7. The molecule has 9 nitrogen and oxygen atoms in total. The fourth-order valence-electron chi connectivity index (χ4n) is 3.28. The van der Waals surface area contributed by atoms with Crippen molar-refractivity contribution < 1.29 is 14.5 Å². The molecule has 2 aromatic carbocycles. The van der Waals surface area contributed by atoms with Crippen molar-refractivity contribution in [3.63, 3.8) is 0 Å². The molecule has 0 unspecified atom stereocenters. The molecule has 31 heavy (non-hydrogen) atoms. The van der Waals surface area contributed by atoms with E-state index in [9.17, 15) is 14.9 Å². The van der Waals surface area contributed by atoms with E-state index < -0.39 is 11.0 Å². The van der Waals surface area contributed by atoms with Crippen LogP contribution >= 0.6 is 0 Å². The molecule has 0 spiro atoms. The maximum absolute atomic E-state index is 12.1. The molecule has 160 valence electrons. The lowest BCUT2D eigenvalue weighted by Crippen LogP contribution is -2.24. The van der Waals surface area contributed by atoms with E-state index in [0.29, 0.717) is 17.1 Å². The zero-order chi connectivity index (χ0) is 22.5. The molecule has 9 heteroatoms. The number of carbonyl (C=O) groups is 1. The van der Waals surface area contributed by atoms with E-state index in [1.54, 1.807) is 12.3 Å². The number of hydrazone groups is 1. The lowest BCUT2D eigenvalue weighted by Gasteiger charge is -2.13. The van der Waals surface area contributed by atoms with E-state index >= 15 is 0 Å². The highest BCUT2D eigenvalue weighted by atomic mass is 16.6. The molecule has 1 aromatic heterocycles. The minimum absolute atomic E-state index is 0.0475. The van der Waals surface area contributed by atoms with E-state index in [1.807, 2.05) is 55.7 Å². The number of anilines is 1. The molecule has 0 aliphatic carbocycles. The number of para-hydroxylation sites is 1. The third-order valence-corrected chi connectivity index (χ3v) is 4.85. The fraction of sp³-hybridized carbons (Fsp3) is 0.182. The van der Waals surface area contributed by atoms with Gasteiger partial charge >= 0.3 is 6.03 Å². The number of nitro benzene ring substituents is 1. The highest BCUT2D eigenvalue weighted by molar-refractivity contribution is 5.91. The molecule has 3 rings (SSSR count). The van der Waals surface area contributed by atoms with Gasteiger partial charge in [0.2, 0.25) is 0 Å². The van der Waals surface area contributed by atoms with Crippen LogP contribution in [0.25, 0.3) is 5.69 Å². The van der Waals surface area contributed by atoms with E-state index in [2.05, 4.69) is 15.8 Å². The number of aryl methyl sites for hydroxylation is 2. The molecule has 0 bridgehead atoms. The Morgan fingerprint density at radius 2 is 1.90 bits per heavy atom. The lowest BCUT2D eigenvalue weighted by atomic mass is 10.2. The van der Waals surface area contributed by atoms with Crippen LogP contribution in [0.1, 0.15) is 22.5 Å². The molecule has 1 heterocycles. The van der Waals surface area contributed by atoms with Gasteiger partial charge < -0.3 is 14.6 Å². The van der Waals surface area contributed by atoms with Crippen LogP contribution in [-0.2, 0) is 0 Å². The normalized spacial score (nSPS) is 10.8. The van der Waals surface area contributed by atoms with Crippen LogP contribution in [0.15, 0.2) is 53.6 Å². The molecule has 0 saturated carbocycles. The maximum atomic E-state index is 12.1. The van der Waals surface area contributed by atoms with Crippen LogP contribution in [0.2, 0.25) is 0 Å². The molecule has 2 N–H and O–H groups in total. The summed E-state index contributed by atoms with van der Waals surface area (Å²) in [6.07, 6.45) is 1.55. The number of urea groups is 1. The maximum Gasteiger partial charge on any atom is 0.339 e. The Kier molecular flexibility index (Phi) is 6.35. The van der Waals surface area contributed by atoms with Crippen LogP contribution in [-0.4, -0.2) is 28.8 Å². The Morgan fingerprint density at radius 1 is 1.16 bits per heavy atom. The van der Waals surface area contributed by atoms with Gasteiger partial charge in [-0.25, -0.2) is 10.2 Å². The van der Waals surface area contributed by atoms with Crippen molar-refractivity contribution in [2.24, 2.45) is 5.10 Å². The quantitative estimate of drug-likeness (QED) is 0.347. The van der Waals surface area contributed by atoms with Gasteiger partial charge in [-0.05, 0) is 44.5 Å². The molecular formula is C22H23N5O4. The first kappa shape index (κ1) is 21.6. The van der Waals surface area contributed by atoms with E-state index in [4.69, 9.17) is 4.74 Å². The van der Waals surface area contributed by atoms with Gasteiger partial charge in [-0.2, -0.15) is 5.10 Å². The van der Waals surface area contributed by atoms with Crippen molar-refractivity contribution in [1.29, 1.82) is 0 Å². The summed E-state index contributed by atoms with van der Waals surface area (Å²) in [5.41, 5.74) is 7.25. The zero-order valence-electron chi connectivity index (χ0n) is 17.7. The Labute approximate surface area is 179 Å². The fourth-order valence-corrected chi connectivity index (χ4v) is 3.28. The molecule has 0 saturated heterocycles. The minimum atomic E-state index is -0.465. The van der Waals surface area contributed by atoms with E-state index in [-0.39, 0.29) is 5.69 Å². The number of hydrogen-bond donors (Lipinski definition) is 2. The number of nitrogens with zero attached hydrogens (tertiary/aromatic N) is 3. The molecule has 0 aliphatic heterocycles. The van der Waals surface area contributed by atoms with Crippen molar-refractivity contribution in [1.82, 2.24) is 9.99 Å². The third kappa shape index (κ3) is 4.72. The predicted molar refractivity (Wildman–Crippen MR) is 119 cm³/mol. The first-order valence-corrected chi connectivity index (χ1v) is 9.49. The second kappa shape index (κ2) is 9.12. The first-order chi connectivity index (χ1) is 14.8. The summed E-state index contributed by atoms with van der Waals surface area (Å²) in [4.78, 5) is 22.7. The molecule has 3 aromatic rings. The summed E-state index contributed by atoms with van der Waals surface area (Å²) in [5, 5.41) is 17.8. The molecule has 0 fully saturated rings. The number of rotatable bonds is 6. The Bertz CT molecular complexity index is 1170. The van der Waals surface area contributed by atoms with Gasteiger partial charge in [0.05, 0.1) is 30.0 Å². The Balaban J connectivity index is 1.80. The molecule has 2 amide bonds. The SMILES string of the molecule is COc1cc([N+](=O)[O-])ccc1-n1c(C)cc(C=NNC(=O)Nc2ccccc2C)c1C. The summed E-state index contributed by atoms with van der Waals surface area (Å²) >= 11 is 0. The number of non-ortho nitro benzene ring substituents is 1. The van der Waals surface area contributed by atoms with E-state index in [1.165, 1.54) is 19.2 Å². The number of amides is 2. The largest absolute Gasteiger partial charge is 0.494 e. The molecular weight excluding hydrogens is 398 g/mol. The average Bonchev–Trinajstić information content (AvgIpc) is 3.02. The summed E-state index contributed by atoms with van der Waals surface area (Å²) in [6.45, 7) is 5.70. The van der Waals surface area contributed by atoms with Gasteiger partial charge in [0, 0.05) is 28.7 Å². The number of aromatic nitrogens is 1. The number of nitro groups is 1. The molecule has 0 aliphatic rings. The smallest absolute Gasteiger partial charge is 0.339 e. The number of hydrogen-bond acceptors (Lipinski definition) is 5. The third-order valence-electron chi connectivity index (χ3n) is 4.85. The number of nitrogens with one attached hydrogen (secondary N) is 2. The number of carbonyl (C=O) groups excluding carboxylic acids is 1. The second-order valence-corrected chi connectivity index (χ2v) is 6.91. The van der Waals surface area contributed by atoms with Crippen molar-refractivity contribution in [2.75, 3.05) is 12.4 Å². The predicted octanol–water partition coefficient (Wildman–Crippen LogP) is 4.47. The van der Waals surface area contributed by atoms with Gasteiger partial charge in [0.1, 0.15) is 5.75 Å². The van der Waals surface area contributed by atoms with Gasteiger partial charge in [-0.3, -0.25) is 10.1 Å². The van der Waals surface area contributed by atoms with Gasteiger partial charge in [0.25, 0.3) is 5.69 Å². The Morgan fingerprint density at radius 3 is 2.58 bits per heavy atom.